The summed E-state index contributed by atoms with van der Waals surface area (Å²) in [4.78, 5) is -0.233. The number of nitrogens with one attached hydrogen (secondary N) is 1. The molecule has 1 aromatic carbocycles. The lowest BCUT2D eigenvalue weighted by Crippen LogP contribution is -2.32. The van der Waals surface area contributed by atoms with Crippen LogP contribution in [0.4, 0.5) is 4.39 Å². The molecule has 1 aromatic rings. The Balaban J connectivity index is 2.94. The normalized spacial score (nSPS) is 14.1. The summed E-state index contributed by atoms with van der Waals surface area (Å²) in [5, 5.41) is 8.19. The third kappa shape index (κ3) is 5.21. The average molecular weight is 333 g/mol. The van der Waals surface area contributed by atoms with Crippen LogP contribution in [0.3, 0.4) is 0 Å². The van der Waals surface area contributed by atoms with Crippen LogP contribution in [0.5, 0.6) is 0 Å². The first-order valence-corrected chi connectivity index (χ1v) is 9.09. The van der Waals surface area contributed by atoms with Crippen molar-refractivity contribution in [2.75, 3.05) is 19.4 Å². The second-order valence-electron chi connectivity index (χ2n) is 4.26. The van der Waals surface area contributed by atoms with Gasteiger partial charge in [0.15, 0.2) is 0 Å². The summed E-state index contributed by atoms with van der Waals surface area (Å²) in [5.74, 6) is 3.87. The highest BCUT2D eigenvalue weighted by Gasteiger charge is 2.17. The fraction of sp³-hybridized carbons (Fsp3) is 0.385. The average Bonchev–Trinajstić information content (AvgIpc) is 2.43. The molecule has 0 spiro atoms. The van der Waals surface area contributed by atoms with Crippen molar-refractivity contribution in [3.8, 4) is 11.8 Å². The molecule has 8 heteroatoms. The van der Waals surface area contributed by atoms with Gasteiger partial charge in [0.05, 0.1) is 10.5 Å². The highest BCUT2D eigenvalue weighted by Crippen LogP contribution is 2.14. The zero-order valence-electron chi connectivity index (χ0n) is 11.6. The van der Waals surface area contributed by atoms with Gasteiger partial charge in [0.2, 0.25) is 10.0 Å². The largest absolute Gasteiger partial charge is 0.384 e. The Morgan fingerprint density at radius 1 is 1.48 bits per heavy atom. The summed E-state index contributed by atoms with van der Waals surface area (Å²) >= 11 is 0. The zero-order valence-corrected chi connectivity index (χ0v) is 13.2. The Morgan fingerprint density at radius 3 is 2.67 bits per heavy atom. The molecule has 0 saturated heterocycles. The van der Waals surface area contributed by atoms with Crippen molar-refractivity contribution in [3.05, 3.63) is 29.6 Å². The summed E-state index contributed by atoms with van der Waals surface area (Å²) in [6, 6.07) is 3.31. The molecule has 0 radical (unpaired) electrons. The SMILES string of the molecule is CC(CNS(=O)(=O)c1ccc(C#CCO)c(F)c1)S(C)=O. The predicted molar refractivity (Wildman–Crippen MR) is 79.1 cm³/mol. The minimum atomic E-state index is -3.87. The number of benzene rings is 1. The van der Waals surface area contributed by atoms with Gasteiger partial charge in [-0.2, -0.15) is 0 Å². The van der Waals surface area contributed by atoms with Gasteiger partial charge in [-0.25, -0.2) is 17.5 Å². The van der Waals surface area contributed by atoms with Crippen molar-refractivity contribution in [3.63, 3.8) is 0 Å². The first-order valence-electron chi connectivity index (χ1n) is 5.99. The molecular weight excluding hydrogens is 317 g/mol. The van der Waals surface area contributed by atoms with Gasteiger partial charge in [-0.05, 0) is 25.1 Å². The van der Waals surface area contributed by atoms with E-state index in [-0.39, 0.29) is 22.3 Å². The summed E-state index contributed by atoms with van der Waals surface area (Å²) in [6.07, 6.45) is 1.48. The lowest BCUT2D eigenvalue weighted by molar-refractivity contribution is 0.350. The van der Waals surface area contributed by atoms with Crippen LogP contribution in [0.25, 0.3) is 0 Å². The van der Waals surface area contributed by atoms with Gasteiger partial charge in [0, 0.05) is 28.9 Å². The highest BCUT2D eigenvalue weighted by molar-refractivity contribution is 7.89. The number of sulfonamides is 1. The molecule has 0 saturated carbocycles. The van der Waals surface area contributed by atoms with E-state index in [9.17, 15) is 17.0 Å². The molecule has 0 aromatic heterocycles. The number of aliphatic hydroxyl groups excluding tert-OH is 1. The van der Waals surface area contributed by atoms with Crippen LogP contribution in [-0.4, -0.2) is 42.4 Å². The van der Waals surface area contributed by atoms with Crippen molar-refractivity contribution >= 4 is 20.8 Å². The van der Waals surface area contributed by atoms with Crippen molar-refractivity contribution in [2.24, 2.45) is 0 Å². The van der Waals surface area contributed by atoms with Crippen LogP contribution in [0.2, 0.25) is 0 Å². The van der Waals surface area contributed by atoms with Crippen molar-refractivity contribution < 1.29 is 22.1 Å². The Bertz CT molecular complexity index is 692. The Kier molecular flexibility index (Phi) is 6.48. The Morgan fingerprint density at radius 2 is 2.14 bits per heavy atom. The van der Waals surface area contributed by atoms with E-state index in [2.05, 4.69) is 16.6 Å². The Labute approximate surface area is 126 Å². The zero-order chi connectivity index (χ0) is 16.0. The Hall–Kier alpha value is -1.27. The molecule has 1 rings (SSSR count). The van der Waals surface area contributed by atoms with Crippen molar-refractivity contribution in [2.45, 2.75) is 17.1 Å². The van der Waals surface area contributed by atoms with E-state index in [1.807, 2.05) is 0 Å². The van der Waals surface area contributed by atoms with Gasteiger partial charge >= 0.3 is 0 Å². The maximum absolute atomic E-state index is 13.7. The molecule has 0 aliphatic carbocycles. The number of rotatable bonds is 5. The van der Waals surface area contributed by atoms with Crippen LogP contribution in [-0.2, 0) is 20.8 Å². The predicted octanol–water partition coefficient (Wildman–Crippen LogP) is 0.215. The maximum atomic E-state index is 13.7. The van der Waals surface area contributed by atoms with Gasteiger partial charge in [-0.3, -0.25) is 4.21 Å². The number of hydrogen-bond donors (Lipinski definition) is 2. The smallest absolute Gasteiger partial charge is 0.240 e. The summed E-state index contributed by atoms with van der Waals surface area (Å²) in [6.45, 7) is 1.24. The van der Waals surface area contributed by atoms with Crippen LogP contribution in [0.15, 0.2) is 23.1 Å². The molecule has 2 N–H and O–H groups in total. The summed E-state index contributed by atoms with van der Waals surface area (Å²) < 4.78 is 51.1. The number of aliphatic hydroxyl groups is 1. The molecule has 0 aliphatic rings. The molecular formula is C13H16FNO4S2. The second-order valence-corrected chi connectivity index (χ2v) is 7.83. The van der Waals surface area contributed by atoms with Gasteiger partial charge in [0.25, 0.3) is 0 Å². The lowest BCUT2D eigenvalue weighted by atomic mass is 10.2. The molecule has 2 unspecified atom stereocenters. The molecule has 21 heavy (non-hydrogen) atoms. The van der Waals surface area contributed by atoms with E-state index in [1.165, 1.54) is 18.4 Å². The van der Waals surface area contributed by atoms with Crippen LogP contribution in [0, 0.1) is 17.7 Å². The van der Waals surface area contributed by atoms with Crippen molar-refractivity contribution in [1.82, 2.24) is 4.72 Å². The molecule has 0 aliphatic heterocycles. The molecule has 5 nitrogen and oxygen atoms in total. The van der Waals surface area contributed by atoms with E-state index < -0.39 is 33.2 Å². The molecule has 116 valence electrons. The van der Waals surface area contributed by atoms with E-state index >= 15 is 0 Å². The second kappa shape index (κ2) is 7.66. The molecule has 0 bridgehead atoms. The van der Waals surface area contributed by atoms with E-state index in [4.69, 9.17) is 5.11 Å². The van der Waals surface area contributed by atoms with Crippen LogP contribution >= 0.6 is 0 Å². The highest BCUT2D eigenvalue weighted by atomic mass is 32.2. The standard InChI is InChI=1S/C13H16FNO4S2/c1-10(20(2)17)9-15-21(18,19)12-6-5-11(4-3-7-16)13(14)8-12/h5-6,8,10,15-16H,7,9H2,1-2H3. The number of hydrogen-bond acceptors (Lipinski definition) is 4. The van der Waals surface area contributed by atoms with Gasteiger partial charge < -0.3 is 5.11 Å². The van der Waals surface area contributed by atoms with E-state index in [0.717, 1.165) is 6.07 Å². The first-order chi connectivity index (χ1) is 9.77. The van der Waals surface area contributed by atoms with Gasteiger partial charge in [-0.1, -0.05) is 11.8 Å². The first kappa shape index (κ1) is 17.8. The monoisotopic (exact) mass is 333 g/mol. The third-order valence-corrected chi connectivity index (χ3v) is 5.40. The minimum Gasteiger partial charge on any atom is -0.384 e. The quantitative estimate of drug-likeness (QED) is 0.755. The van der Waals surface area contributed by atoms with Crippen LogP contribution in [0.1, 0.15) is 12.5 Å². The fourth-order valence-corrected chi connectivity index (χ4v) is 2.89. The van der Waals surface area contributed by atoms with Gasteiger partial charge in [-0.15, -0.1) is 0 Å². The van der Waals surface area contributed by atoms with E-state index in [0.29, 0.717) is 0 Å². The van der Waals surface area contributed by atoms with Crippen molar-refractivity contribution in [1.29, 1.82) is 0 Å². The van der Waals surface area contributed by atoms with Crippen LogP contribution < -0.4 is 4.72 Å². The van der Waals surface area contributed by atoms with E-state index in [1.54, 1.807) is 6.92 Å². The van der Waals surface area contributed by atoms with Gasteiger partial charge in [0.1, 0.15) is 12.4 Å². The fourth-order valence-electron chi connectivity index (χ4n) is 1.33. The molecule has 0 amide bonds. The minimum absolute atomic E-state index is 0.000860. The molecule has 0 heterocycles. The maximum Gasteiger partial charge on any atom is 0.240 e. The topological polar surface area (TPSA) is 83.5 Å². The molecule has 0 fully saturated rings. The third-order valence-electron chi connectivity index (χ3n) is 2.68. The summed E-state index contributed by atoms with van der Waals surface area (Å²) in [5.41, 5.74) is 0.00558. The molecule has 2 atom stereocenters. The number of halogens is 1. The lowest BCUT2D eigenvalue weighted by Gasteiger charge is -2.11. The summed E-state index contributed by atoms with van der Waals surface area (Å²) in [7, 11) is -5.03.